The molecular weight excluding hydrogens is 406 g/mol. The molecule has 1 amide bonds. The summed E-state index contributed by atoms with van der Waals surface area (Å²) in [6.45, 7) is 0.930. The number of methoxy groups -OCH3 is 1. The number of amides is 1. The van der Waals surface area contributed by atoms with E-state index >= 15 is 0 Å². The molecule has 1 aromatic carbocycles. The highest BCUT2D eigenvalue weighted by Crippen LogP contribution is 2.25. The summed E-state index contributed by atoms with van der Waals surface area (Å²) in [7, 11) is 1.53. The maximum absolute atomic E-state index is 12.7. The smallest absolute Gasteiger partial charge is 0.336 e. The molecule has 30 heavy (non-hydrogen) atoms. The van der Waals surface area contributed by atoms with Crippen molar-refractivity contribution in [1.82, 2.24) is 4.90 Å². The monoisotopic (exact) mass is 427 g/mol. The number of carbonyl (C=O) groups excluding carboxylic acids is 2. The summed E-state index contributed by atoms with van der Waals surface area (Å²) >= 11 is 1.39. The molecule has 0 radical (unpaired) electrons. The summed E-state index contributed by atoms with van der Waals surface area (Å²) in [6, 6.07) is 10.1. The van der Waals surface area contributed by atoms with Crippen LogP contribution in [0.5, 0.6) is 5.75 Å². The van der Waals surface area contributed by atoms with E-state index in [0.29, 0.717) is 46.7 Å². The van der Waals surface area contributed by atoms with Crippen molar-refractivity contribution in [2.75, 3.05) is 20.2 Å². The van der Waals surface area contributed by atoms with Gasteiger partial charge in [0.15, 0.2) is 0 Å². The molecule has 3 heterocycles. The summed E-state index contributed by atoms with van der Waals surface area (Å²) < 4.78 is 15.9. The molecule has 0 spiro atoms. The Morgan fingerprint density at radius 3 is 2.90 bits per heavy atom. The van der Waals surface area contributed by atoms with Crippen LogP contribution < -0.4 is 10.4 Å². The lowest BCUT2D eigenvalue weighted by Gasteiger charge is -2.31. The van der Waals surface area contributed by atoms with Gasteiger partial charge < -0.3 is 18.8 Å². The van der Waals surface area contributed by atoms with Crippen molar-refractivity contribution in [3.05, 3.63) is 62.6 Å². The molecule has 1 saturated heterocycles. The van der Waals surface area contributed by atoms with Gasteiger partial charge in [-0.05, 0) is 36.4 Å². The molecule has 0 aliphatic carbocycles. The number of piperidine rings is 1. The molecule has 8 heteroatoms. The largest absolute Gasteiger partial charge is 0.497 e. The van der Waals surface area contributed by atoms with Gasteiger partial charge in [-0.3, -0.25) is 9.59 Å². The van der Waals surface area contributed by atoms with Crippen LogP contribution in [0.15, 0.2) is 51.0 Å². The number of nitrogens with zero attached hydrogens (tertiary/aromatic N) is 1. The molecule has 1 unspecified atom stereocenters. The lowest BCUT2D eigenvalue weighted by atomic mass is 9.98. The molecule has 156 valence electrons. The number of benzene rings is 1. The van der Waals surface area contributed by atoms with Crippen LogP contribution in [-0.4, -0.2) is 37.0 Å². The molecule has 2 aromatic heterocycles. The molecule has 0 N–H and O–H groups in total. The maximum atomic E-state index is 12.7. The van der Waals surface area contributed by atoms with E-state index in [2.05, 4.69) is 0 Å². The number of hydrogen-bond donors (Lipinski definition) is 0. The van der Waals surface area contributed by atoms with Crippen LogP contribution in [0, 0.1) is 5.92 Å². The minimum Gasteiger partial charge on any atom is -0.497 e. The van der Waals surface area contributed by atoms with Gasteiger partial charge in [-0.25, -0.2) is 4.79 Å². The first-order valence-electron chi connectivity index (χ1n) is 9.65. The Hall–Kier alpha value is -3.13. The van der Waals surface area contributed by atoms with Gasteiger partial charge in [0.25, 0.3) is 5.91 Å². The normalized spacial score (nSPS) is 16.4. The van der Waals surface area contributed by atoms with E-state index in [0.717, 1.165) is 6.42 Å². The van der Waals surface area contributed by atoms with Gasteiger partial charge in [0, 0.05) is 36.2 Å². The number of carbonyl (C=O) groups is 2. The van der Waals surface area contributed by atoms with Crippen molar-refractivity contribution in [3.63, 3.8) is 0 Å². The first-order chi connectivity index (χ1) is 14.5. The molecule has 1 fully saturated rings. The number of esters is 1. The zero-order chi connectivity index (χ0) is 21.1. The van der Waals surface area contributed by atoms with E-state index in [1.807, 2.05) is 11.4 Å². The van der Waals surface area contributed by atoms with Crippen LogP contribution in [0.3, 0.4) is 0 Å². The average Bonchev–Trinajstić information content (AvgIpc) is 3.31. The number of rotatable bonds is 5. The second-order valence-electron chi connectivity index (χ2n) is 7.13. The summed E-state index contributed by atoms with van der Waals surface area (Å²) in [4.78, 5) is 39.5. The highest BCUT2D eigenvalue weighted by Gasteiger charge is 2.30. The van der Waals surface area contributed by atoms with E-state index in [9.17, 15) is 14.4 Å². The average molecular weight is 427 g/mol. The molecule has 1 aliphatic rings. The molecule has 1 aliphatic heterocycles. The van der Waals surface area contributed by atoms with Crippen LogP contribution in [-0.2, 0) is 16.1 Å². The Kier molecular flexibility index (Phi) is 5.85. The molecule has 7 nitrogen and oxygen atoms in total. The molecular formula is C22H21NO6S. The quantitative estimate of drug-likeness (QED) is 0.458. The fraction of sp³-hybridized carbons (Fsp3) is 0.318. The van der Waals surface area contributed by atoms with Gasteiger partial charge in [-0.2, -0.15) is 0 Å². The highest BCUT2D eigenvalue weighted by molar-refractivity contribution is 7.12. The summed E-state index contributed by atoms with van der Waals surface area (Å²) in [6.07, 6.45) is 1.41. The maximum Gasteiger partial charge on any atom is 0.336 e. The molecule has 0 bridgehead atoms. The zero-order valence-electron chi connectivity index (χ0n) is 16.5. The van der Waals surface area contributed by atoms with E-state index in [4.69, 9.17) is 13.9 Å². The second-order valence-corrected chi connectivity index (χ2v) is 8.08. The van der Waals surface area contributed by atoms with Crippen molar-refractivity contribution in [3.8, 4) is 5.75 Å². The fourth-order valence-electron chi connectivity index (χ4n) is 3.63. The van der Waals surface area contributed by atoms with E-state index in [-0.39, 0.29) is 24.4 Å². The first-order valence-corrected chi connectivity index (χ1v) is 10.5. The minimum absolute atomic E-state index is 0.0391. The third-order valence-corrected chi connectivity index (χ3v) is 6.04. The van der Waals surface area contributed by atoms with Crippen LogP contribution in [0.1, 0.15) is 28.1 Å². The molecule has 0 saturated carbocycles. The number of fused-ring (bicyclic) bond motifs is 1. The predicted octanol–water partition coefficient (Wildman–Crippen LogP) is 3.46. The van der Waals surface area contributed by atoms with Crippen LogP contribution >= 0.6 is 11.3 Å². The first kappa shape index (κ1) is 20.2. The van der Waals surface area contributed by atoms with Gasteiger partial charge in [0.1, 0.15) is 17.9 Å². The summed E-state index contributed by atoms with van der Waals surface area (Å²) in [5.74, 6) is -0.233. The van der Waals surface area contributed by atoms with Gasteiger partial charge in [-0.1, -0.05) is 6.07 Å². The van der Waals surface area contributed by atoms with Crippen molar-refractivity contribution in [1.29, 1.82) is 0 Å². The van der Waals surface area contributed by atoms with Gasteiger partial charge in [-0.15, -0.1) is 11.3 Å². The lowest BCUT2D eigenvalue weighted by molar-refractivity contribution is -0.151. The highest BCUT2D eigenvalue weighted by atomic mass is 32.1. The van der Waals surface area contributed by atoms with E-state index < -0.39 is 5.63 Å². The summed E-state index contributed by atoms with van der Waals surface area (Å²) in [5, 5.41) is 2.54. The Morgan fingerprint density at radius 2 is 2.13 bits per heavy atom. The SMILES string of the molecule is COc1ccc2c(COC(=O)C3CCCN(C(=O)c4cccs4)C3)cc(=O)oc2c1. The Morgan fingerprint density at radius 1 is 1.27 bits per heavy atom. The number of ether oxygens (including phenoxy) is 2. The predicted molar refractivity (Wildman–Crippen MR) is 112 cm³/mol. The third kappa shape index (κ3) is 4.23. The van der Waals surface area contributed by atoms with E-state index in [1.165, 1.54) is 24.5 Å². The van der Waals surface area contributed by atoms with Crippen LogP contribution in [0.2, 0.25) is 0 Å². The molecule has 4 rings (SSSR count). The van der Waals surface area contributed by atoms with Crippen LogP contribution in [0.25, 0.3) is 11.0 Å². The zero-order valence-corrected chi connectivity index (χ0v) is 17.3. The van der Waals surface area contributed by atoms with Gasteiger partial charge >= 0.3 is 11.6 Å². The topological polar surface area (TPSA) is 86.0 Å². The van der Waals surface area contributed by atoms with Crippen molar-refractivity contribution in [2.24, 2.45) is 5.92 Å². The Bertz CT molecular complexity index is 1120. The molecule has 1 atom stereocenters. The lowest BCUT2D eigenvalue weighted by Crippen LogP contribution is -2.42. The standard InChI is InChI=1S/C22H21NO6S/c1-27-16-6-7-17-15(10-20(24)29-18(17)11-16)13-28-22(26)14-4-2-8-23(12-14)21(25)19-5-3-9-30-19/h3,5-7,9-11,14H,2,4,8,12-13H2,1H3. The Balaban J connectivity index is 1.44. The Labute approximate surface area is 176 Å². The summed E-state index contributed by atoms with van der Waals surface area (Å²) in [5.41, 5.74) is 0.421. The number of thiophene rings is 1. The number of hydrogen-bond acceptors (Lipinski definition) is 7. The van der Waals surface area contributed by atoms with Crippen molar-refractivity contribution >= 4 is 34.2 Å². The third-order valence-electron chi connectivity index (χ3n) is 5.18. The van der Waals surface area contributed by atoms with Crippen LogP contribution in [0.4, 0.5) is 0 Å². The fourth-order valence-corrected chi connectivity index (χ4v) is 4.32. The minimum atomic E-state index is -0.521. The van der Waals surface area contributed by atoms with Crippen molar-refractivity contribution < 1.29 is 23.5 Å². The van der Waals surface area contributed by atoms with Gasteiger partial charge in [0.05, 0.1) is 17.9 Å². The van der Waals surface area contributed by atoms with E-state index in [1.54, 1.807) is 29.2 Å². The number of likely N-dealkylation sites (tertiary alicyclic amines) is 1. The van der Waals surface area contributed by atoms with Crippen molar-refractivity contribution in [2.45, 2.75) is 19.4 Å². The second kappa shape index (κ2) is 8.71. The molecule has 3 aromatic rings. The van der Waals surface area contributed by atoms with Gasteiger partial charge in [0.2, 0.25) is 0 Å².